The second kappa shape index (κ2) is 9.70. The van der Waals surface area contributed by atoms with Crippen LogP contribution in [0.15, 0.2) is 30.3 Å². The van der Waals surface area contributed by atoms with Crippen LogP contribution < -0.4 is 10.1 Å². The Hall–Kier alpha value is -1.91. The molecule has 0 aliphatic rings. The first-order chi connectivity index (χ1) is 12.4. The Balaban J connectivity index is 2.09. The number of hydrogen-bond donors (Lipinski definition) is 2. The fraction of sp³-hybridized carbons (Fsp3) is 0.350. The van der Waals surface area contributed by atoms with E-state index in [-0.39, 0.29) is 6.42 Å². The minimum atomic E-state index is -0.857. The van der Waals surface area contributed by atoms with Gasteiger partial charge in [-0.25, -0.2) is 0 Å². The average Bonchev–Trinajstić information content (AvgIpc) is 2.57. The van der Waals surface area contributed by atoms with E-state index < -0.39 is 5.97 Å². The van der Waals surface area contributed by atoms with Crippen molar-refractivity contribution in [3.8, 4) is 5.75 Å². The third-order valence-corrected chi connectivity index (χ3v) is 4.35. The van der Waals surface area contributed by atoms with Crippen LogP contribution in [-0.2, 0) is 17.8 Å². The molecule has 0 heterocycles. The fourth-order valence-corrected chi connectivity index (χ4v) is 3.26. The number of halogens is 2. The normalized spacial score (nSPS) is 10.6. The first-order valence-corrected chi connectivity index (χ1v) is 9.31. The molecule has 0 spiro atoms. The molecule has 0 amide bonds. The van der Waals surface area contributed by atoms with Gasteiger partial charge in [-0.1, -0.05) is 36.2 Å². The summed E-state index contributed by atoms with van der Waals surface area (Å²) in [4.78, 5) is 10.7. The minimum Gasteiger partial charge on any atom is -0.486 e. The summed E-state index contributed by atoms with van der Waals surface area (Å²) in [7, 11) is 0. The molecule has 0 aliphatic carbocycles. The molecule has 0 unspecified atom stereocenters. The molecule has 26 heavy (non-hydrogen) atoms. The van der Waals surface area contributed by atoms with E-state index in [1.165, 1.54) is 0 Å². The number of benzene rings is 2. The van der Waals surface area contributed by atoms with Crippen LogP contribution in [0.4, 0.5) is 5.69 Å². The number of ether oxygens (including phenoxy) is 1. The summed E-state index contributed by atoms with van der Waals surface area (Å²) < 4.78 is 5.84. The van der Waals surface area contributed by atoms with Gasteiger partial charge >= 0.3 is 5.97 Å². The molecule has 0 radical (unpaired) electrons. The van der Waals surface area contributed by atoms with E-state index in [1.807, 2.05) is 13.0 Å². The lowest BCUT2D eigenvalue weighted by Gasteiger charge is -2.13. The molecule has 2 aromatic carbocycles. The Bertz CT molecular complexity index is 755. The Labute approximate surface area is 164 Å². The first kappa shape index (κ1) is 20.4. The molecular weight excluding hydrogens is 373 g/mol. The molecule has 0 bridgehead atoms. The number of aliphatic carboxylic acids is 1. The number of aryl methyl sites for hydroxylation is 2. The summed E-state index contributed by atoms with van der Waals surface area (Å²) in [6.45, 7) is 5.42. The molecule has 2 rings (SSSR count). The molecule has 0 saturated heterocycles. The fourth-order valence-electron chi connectivity index (χ4n) is 2.62. The number of hydrogen-bond acceptors (Lipinski definition) is 3. The summed E-state index contributed by atoms with van der Waals surface area (Å²) in [5, 5.41) is 12.9. The molecule has 2 aromatic rings. The van der Waals surface area contributed by atoms with E-state index >= 15 is 0 Å². The third-order valence-electron chi connectivity index (χ3n) is 3.79. The largest absolute Gasteiger partial charge is 0.486 e. The van der Waals surface area contributed by atoms with Crippen molar-refractivity contribution in [2.75, 3.05) is 11.9 Å². The summed E-state index contributed by atoms with van der Waals surface area (Å²) in [6, 6.07) is 9.61. The van der Waals surface area contributed by atoms with Crippen molar-refractivity contribution in [2.45, 2.75) is 39.7 Å². The molecule has 0 saturated carbocycles. The monoisotopic (exact) mass is 395 g/mol. The van der Waals surface area contributed by atoms with Crippen LogP contribution in [0.5, 0.6) is 5.75 Å². The number of carbonyl (C=O) groups is 1. The Morgan fingerprint density at radius 3 is 2.42 bits per heavy atom. The number of nitrogens with one attached hydrogen (secondary N) is 1. The van der Waals surface area contributed by atoms with Gasteiger partial charge in [0.05, 0.1) is 10.0 Å². The zero-order valence-corrected chi connectivity index (χ0v) is 16.5. The quantitative estimate of drug-likeness (QED) is 0.569. The second-order valence-electron chi connectivity index (χ2n) is 6.21. The molecule has 0 fully saturated rings. The van der Waals surface area contributed by atoms with Gasteiger partial charge in [0.25, 0.3) is 0 Å². The van der Waals surface area contributed by atoms with Crippen LogP contribution >= 0.6 is 23.2 Å². The predicted molar refractivity (Wildman–Crippen MR) is 107 cm³/mol. The molecule has 0 atom stereocenters. The van der Waals surface area contributed by atoms with Crippen LogP contribution in [-0.4, -0.2) is 17.6 Å². The maximum absolute atomic E-state index is 10.7. The van der Waals surface area contributed by atoms with Gasteiger partial charge in [-0.2, -0.15) is 0 Å². The Morgan fingerprint density at radius 2 is 1.81 bits per heavy atom. The van der Waals surface area contributed by atoms with Gasteiger partial charge in [-0.05, 0) is 60.7 Å². The number of rotatable bonds is 9. The van der Waals surface area contributed by atoms with E-state index in [0.29, 0.717) is 28.8 Å². The summed E-state index contributed by atoms with van der Waals surface area (Å²) in [6.07, 6.45) is 1.46. The van der Waals surface area contributed by atoms with E-state index in [2.05, 4.69) is 24.4 Å². The number of anilines is 1. The number of carboxylic acid groups (broad SMARTS) is 1. The van der Waals surface area contributed by atoms with Crippen molar-refractivity contribution >= 4 is 34.9 Å². The zero-order valence-electron chi connectivity index (χ0n) is 14.9. The highest BCUT2D eigenvalue weighted by Gasteiger charge is 2.11. The maximum Gasteiger partial charge on any atom is 0.303 e. The lowest BCUT2D eigenvalue weighted by atomic mass is 10.1. The molecule has 2 N–H and O–H groups in total. The summed E-state index contributed by atoms with van der Waals surface area (Å²) in [5.41, 5.74) is 4.00. The topological polar surface area (TPSA) is 58.6 Å². The van der Waals surface area contributed by atoms with Crippen LogP contribution in [0.25, 0.3) is 0 Å². The molecule has 140 valence electrons. The Morgan fingerprint density at radius 1 is 1.12 bits per heavy atom. The molecule has 6 heteroatoms. The van der Waals surface area contributed by atoms with Crippen molar-refractivity contribution in [3.63, 3.8) is 0 Å². The lowest BCUT2D eigenvalue weighted by Crippen LogP contribution is -2.03. The summed E-state index contributed by atoms with van der Waals surface area (Å²) >= 11 is 12.6. The third kappa shape index (κ3) is 6.11. The minimum absolute atomic E-state index is 0.0314. The van der Waals surface area contributed by atoms with Gasteiger partial charge in [0.1, 0.15) is 6.61 Å². The van der Waals surface area contributed by atoms with E-state index in [1.54, 1.807) is 12.1 Å². The van der Waals surface area contributed by atoms with E-state index in [9.17, 15) is 4.79 Å². The highest BCUT2D eigenvalue weighted by molar-refractivity contribution is 6.37. The Kier molecular flexibility index (Phi) is 7.61. The molecular formula is C20H23Cl2NO3. The lowest BCUT2D eigenvalue weighted by molar-refractivity contribution is -0.136. The van der Waals surface area contributed by atoms with Crippen LogP contribution in [0.2, 0.25) is 10.0 Å². The van der Waals surface area contributed by atoms with Gasteiger partial charge in [-0.15, -0.1) is 0 Å². The van der Waals surface area contributed by atoms with Crippen molar-refractivity contribution < 1.29 is 14.6 Å². The van der Waals surface area contributed by atoms with Crippen LogP contribution in [0.1, 0.15) is 36.5 Å². The predicted octanol–water partition coefficient (Wildman–Crippen LogP) is 5.72. The van der Waals surface area contributed by atoms with Gasteiger partial charge in [0, 0.05) is 18.7 Å². The van der Waals surface area contributed by atoms with Crippen LogP contribution in [0, 0.1) is 6.92 Å². The SMILES string of the molecule is CCCNc1cc(C)cc(COc2c(Cl)cc(CCC(=O)O)cc2Cl)c1. The zero-order chi connectivity index (χ0) is 19.1. The molecule has 0 aliphatic heterocycles. The van der Waals surface area contributed by atoms with Crippen molar-refractivity contribution in [1.29, 1.82) is 0 Å². The highest BCUT2D eigenvalue weighted by atomic mass is 35.5. The van der Waals surface area contributed by atoms with Gasteiger partial charge in [0.2, 0.25) is 0 Å². The van der Waals surface area contributed by atoms with Crippen molar-refractivity contribution in [2.24, 2.45) is 0 Å². The van der Waals surface area contributed by atoms with Gasteiger partial charge in [-0.3, -0.25) is 4.79 Å². The van der Waals surface area contributed by atoms with E-state index in [4.69, 9.17) is 33.0 Å². The average molecular weight is 396 g/mol. The molecule has 0 aromatic heterocycles. The maximum atomic E-state index is 10.7. The van der Waals surface area contributed by atoms with Gasteiger partial charge in [0.15, 0.2) is 5.75 Å². The first-order valence-electron chi connectivity index (χ1n) is 8.56. The van der Waals surface area contributed by atoms with E-state index in [0.717, 1.165) is 35.3 Å². The van der Waals surface area contributed by atoms with Gasteiger partial charge < -0.3 is 15.2 Å². The van der Waals surface area contributed by atoms with Crippen molar-refractivity contribution in [1.82, 2.24) is 0 Å². The molecule has 4 nitrogen and oxygen atoms in total. The highest BCUT2D eigenvalue weighted by Crippen LogP contribution is 2.35. The standard InChI is InChI=1S/C20H23Cl2NO3/c1-3-6-23-16-8-13(2)7-15(9-16)12-26-20-17(21)10-14(11-18(20)22)4-5-19(24)25/h7-11,23H,3-6,12H2,1-2H3,(H,24,25). The second-order valence-corrected chi connectivity index (χ2v) is 7.02. The summed E-state index contributed by atoms with van der Waals surface area (Å²) in [5.74, 6) is -0.443. The van der Waals surface area contributed by atoms with Crippen molar-refractivity contribution in [3.05, 3.63) is 57.1 Å². The number of carboxylic acids is 1. The smallest absolute Gasteiger partial charge is 0.303 e. The van der Waals surface area contributed by atoms with Crippen LogP contribution in [0.3, 0.4) is 0 Å².